The fourth-order valence-corrected chi connectivity index (χ4v) is 3.83. The first-order chi connectivity index (χ1) is 13.7. The summed E-state index contributed by atoms with van der Waals surface area (Å²) in [6.07, 6.45) is 0. The highest BCUT2D eigenvalue weighted by Crippen LogP contribution is 2.33. The lowest BCUT2D eigenvalue weighted by Gasteiger charge is -2.21. The molecule has 1 heterocycles. The molecule has 0 amide bonds. The van der Waals surface area contributed by atoms with E-state index in [0.29, 0.717) is 28.4 Å². The summed E-state index contributed by atoms with van der Waals surface area (Å²) in [6, 6.07) is 9.37. The lowest BCUT2D eigenvalue weighted by atomic mass is 9.95. The maximum absolute atomic E-state index is 14.8. The molecule has 29 heavy (non-hydrogen) atoms. The Morgan fingerprint density at radius 1 is 1.14 bits per heavy atom. The smallest absolute Gasteiger partial charge is 0.341 e. The molecule has 0 saturated carbocycles. The van der Waals surface area contributed by atoms with Gasteiger partial charge in [-0.2, -0.15) is 0 Å². The van der Waals surface area contributed by atoms with Gasteiger partial charge in [0, 0.05) is 23.4 Å². The number of rotatable bonds is 4. The predicted molar refractivity (Wildman–Crippen MR) is 114 cm³/mol. The molecule has 2 aromatic carbocycles. The van der Waals surface area contributed by atoms with Crippen LogP contribution in [-0.4, -0.2) is 15.6 Å². The third kappa shape index (κ3) is 3.56. The first-order valence-corrected chi connectivity index (χ1v) is 9.66. The van der Waals surface area contributed by atoms with Crippen LogP contribution in [0.1, 0.15) is 28.5 Å². The van der Waals surface area contributed by atoms with E-state index >= 15 is 0 Å². The van der Waals surface area contributed by atoms with Crippen LogP contribution >= 0.6 is 23.2 Å². The molecule has 150 valence electrons. The molecule has 0 aliphatic carbocycles. The van der Waals surface area contributed by atoms with Gasteiger partial charge >= 0.3 is 5.97 Å². The van der Waals surface area contributed by atoms with Crippen molar-refractivity contribution in [2.45, 2.75) is 27.3 Å². The summed E-state index contributed by atoms with van der Waals surface area (Å²) in [4.78, 5) is 25.4. The maximum Gasteiger partial charge on any atom is 0.341 e. The molecular formula is C22H18Cl2FNO3. The molecule has 0 spiro atoms. The van der Waals surface area contributed by atoms with Crippen molar-refractivity contribution in [3.05, 3.63) is 79.3 Å². The number of benzene rings is 2. The fraction of sp³-hybridized carbons (Fsp3) is 0.182. The van der Waals surface area contributed by atoms with E-state index in [0.717, 1.165) is 0 Å². The number of hydrogen-bond donors (Lipinski definition) is 1. The van der Waals surface area contributed by atoms with E-state index in [4.69, 9.17) is 23.2 Å². The molecule has 0 fully saturated rings. The number of carbonyl (C=O) groups is 1. The van der Waals surface area contributed by atoms with E-state index in [1.807, 2.05) is 6.92 Å². The number of carboxylic acids is 1. The maximum atomic E-state index is 14.8. The Balaban J connectivity index is 2.50. The lowest BCUT2D eigenvalue weighted by molar-refractivity contribution is 0.0695. The second-order valence-electron chi connectivity index (χ2n) is 6.63. The van der Waals surface area contributed by atoms with Crippen molar-refractivity contribution in [3.63, 3.8) is 0 Å². The number of aryl methyl sites for hydroxylation is 1. The molecule has 7 heteroatoms. The van der Waals surface area contributed by atoms with Crippen molar-refractivity contribution in [3.8, 4) is 22.4 Å². The summed E-state index contributed by atoms with van der Waals surface area (Å²) < 4.78 is 16.5. The third-order valence-corrected chi connectivity index (χ3v) is 5.65. The van der Waals surface area contributed by atoms with E-state index in [9.17, 15) is 19.1 Å². The number of aromatic carboxylic acids is 1. The van der Waals surface area contributed by atoms with Gasteiger partial charge in [-0.3, -0.25) is 4.79 Å². The normalized spacial score (nSPS) is 11.0. The van der Waals surface area contributed by atoms with Crippen LogP contribution in [-0.2, 0) is 6.54 Å². The molecule has 3 aromatic rings. The van der Waals surface area contributed by atoms with Crippen LogP contribution in [0.3, 0.4) is 0 Å². The van der Waals surface area contributed by atoms with Crippen LogP contribution in [0.2, 0.25) is 10.0 Å². The highest BCUT2D eigenvalue weighted by atomic mass is 35.5. The molecule has 3 rings (SSSR count). The highest BCUT2D eigenvalue weighted by Gasteiger charge is 2.27. The molecule has 0 aliphatic rings. The van der Waals surface area contributed by atoms with Gasteiger partial charge in [0.25, 0.3) is 0 Å². The van der Waals surface area contributed by atoms with Crippen molar-refractivity contribution in [2.24, 2.45) is 0 Å². The summed E-state index contributed by atoms with van der Waals surface area (Å²) in [5.74, 6) is -1.94. The van der Waals surface area contributed by atoms with Gasteiger partial charge < -0.3 is 9.67 Å². The van der Waals surface area contributed by atoms with Gasteiger partial charge in [0.2, 0.25) is 5.43 Å². The first kappa shape index (κ1) is 21.1. The Kier molecular flexibility index (Phi) is 5.82. The van der Waals surface area contributed by atoms with Gasteiger partial charge in [-0.25, -0.2) is 9.18 Å². The molecule has 0 bridgehead atoms. The molecule has 0 saturated heterocycles. The summed E-state index contributed by atoms with van der Waals surface area (Å²) in [6.45, 7) is 5.45. The zero-order valence-electron chi connectivity index (χ0n) is 16.0. The minimum absolute atomic E-state index is 0.0364. The quantitative estimate of drug-likeness (QED) is 0.551. The van der Waals surface area contributed by atoms with Crippen LogP contribution in [0.5, 0.6) is 0 Å². The Bertz CT molecular complexity index is 1200. The van der Waals surface area contributed by atoms with Crippen LogP contribution in [0.15, 0.2) is 41.2 Å². The first-order valence-electron chi connectivity index (χ1n) is 8.90. The Labute approximate surface area is 177 Å². The fourth-order valence-electron chi connectivity index (χ4n) is 3.53. The number of pyridine rings is 1. The Morgan fingerprint density at radius 2 is 1.83 bits per heavy atom. The predicted octanol–water partition coefficient (Wildman–Crippen LogP) is 5.96. The molecular weight excluding hydrogens is 416 g/mol. The molecule has 0 radical (unpaired) electrons. The Hall–Kier alpha value is -2.63. The van der Waals surface area contributed by atoms with Gasteiger partial charge in [0.1, 0.15) is 11.4 Å². The van der Waals surface area contributed by atoms with Gasteiger partial charge in [0.15, 0.2) is 0 Å². The highest BCUT2D eigenvalue weighted by molar-refractivity contribution is 6.42. The number of aromatic nitrogens is 1. The average Bonchev–Trinajstić information content (AvgIpc) is 2.66. The zero-order valence-corrected chi connectivity index (χ0v) is 17.5. The van der Waals surface area contributed by atoms with Crippen LogP contribution in [0.4, 0.5) is 4.39 Å². The second-order valence-corrected chi connectivity index (χ2v) is 7.44. The van der Waals surface area contributed by atoms with E-state index in [-0.39, 0.29) is 21.8 Å². The molecule has 0 aliphatic heterocycles. The van der Waals surface area contributed by atoms with Gasteiger partial charge in [-0.1, -0.05) is 47.5 Å². The lowest BCUT2D eigenvalue weighted by Crippen LogP contribution is -2.25. The molecule has 1 N–H and O–H groups in total. The van der Waals surface area contributed by atoms with E-state index < -0.39 is 22.8 Å². The monoisotopic (exact) mass is 433 g/mol. The largest absolute Gasteiger partial charge is 0.477 e. The average molecular weight is 434 g/mol. The van der Waals surface area contributed by atoms with Gasteiger partial charge in [-0.05, 0) is 38.5 Å². The minimum Gasteiger partial charge on any atom is -0.477 e. The molecule has 0 atom stereocenters. The molecule has 1 aromatic heterocycles. The van der Waals surface area contributed by atoms with E-state index in [1.54, 1.807) is 42.7 Å². The van der Waals surface area contributed by atoms with Crippen molar-refractivity contribution >= 4 is 29.2 Å². The van der Waals surface area contributed by atoms with Crippen LogP contribution in [0, 0.1) is 19.7 Å². The molecule has 0 unspecified atom stereocenters. The number of hydrogen-bond acceptors (Lipinski definition) is 2. The molecule has 4 nitrogen and oxygen atoms in total. The number of nitrogens with zero attached hydrogens (tertiary/aromatic N) is 1. The van der Waals surface area contributed by atoms with Crippen molar-refractivity contribution in [1.29, 1.82) is 0 Å². The summed E-state index contributed by atoms with van der Waals surface area (Å²) in [7, 11) is 0. The van der Waals surface area contributed by atoms with Crippen molar-refractivity contribution in [1.82, 2.24) is 4.57 Å². The van der Waals surface area contributed by atoms with E-state index in [2.05, 4.69) is 0 Å². The topological polar surface area (TPSA) is 59.3 Å². The number of carboxylic acid groups (broad SMARTS) is 1. The van der Waals surface area contributed by atoms with Gasteiger partial charge in [0.05, 0.1) is 21.3 Å². The zero-order chi connectivity index (χ0) is 21.5. The van der Waals surface area contributed by atoms with Crippen LogP contribution in [0.25, 0.3) is 22.4 Å². The second kappa shape index (κ2) is 8.01. The van der Waals surface area contributed by atoms with Gasteiger partial charge in [-0.15, -0.1) is 0 Å². The summed E-state index contributed by atoms with van der Waals surface area (Å²) in [5, 5.41) is 10.4. The van der Waals surface area contributed by atoms with E-state index in [1.165, 1.54) is 12.1 Å². The number of halogens is 3. The van der Waals surface area contributed by atoms with Crippen LogP contribution < -0.4 is 5.43 Å². The standard InChI is InChI=1S/C22H18Cl2FNO3/c1-4-26-12(3)17(14-7-5-6-11(2)19(14)25)21(27)18(22(28)29)20(26)13-8-9-15(23)16(24)10-13/h5-10H,4H2,1-3H3,(H,28,29). The minimum atomic E-state index is -1.40. The SMILES string of the molecule is CCn1c(C)c(-c2cccc(C)c2F)c(=O)c(C(=O)O)c1-c1ccc(Cl)c(Cl)c1. The van der Waals surface area contributed by atoms with Crippen molar-refractivity contribution in [2.75, 3.05) is 0 Å². The summed E-state index contributed by atoms with van der Waals surface area (Å²) >= 11 is 12.1. The summed E-state index contributed by atoms with van der Waals surface area (Å²) in [5.41, 5.74) is 0.417. The Morgan fingerprint density at radius 3 is 2.41 bits per heavy atom. The van der Waals surface area contributed by atoms with Crippen molar-refractivity contribution < 1.29 is 14.3 Å². The third-order valence-electron chi connectivity index (χ3n) is 4.91.